The number of Topliss-reactive ketones (excluding diaryl/α,β-unsaturated/α-hetero) is 1. The highest BCUT2D eigenvalue weighted by Crippen LogP contribution is 2.32. The van der Waals surface area contributed by atoms with Crippen molar-refractivity contribution in [3.05, 3.63) is 35.8 Å². The lowest BCUT2D eigenvalue weighted by Crippen LogP contribution is -2.41. The number of rotatable bonds is 6. The van der Waals surface area contributed by atoms with E-state index in [9.17, 15) is 13.2 Å². The number of hydrogen-bond acceptors (Lipinski definition) is 6. The molecule has 0 aromatic carbocycles. The lowest BCUT2D eigenvalue weighted by atomic mass is 10.0. The summed E-state index contributed by atoms with van der Waals surface area (Å²) in [5, 5.41) is 2.86. The van der Waals surface area contributed by atoms with Crippen LogP contribution >= 0.6 is 0 Å². The molecule has 2 aromatic heterocycles. The molecule has 0 unspecified atom stereocenters. The quantitative estimate of drug-likeness (QED) is 0.786. The minimum absolute atomic E-state index is 0.0117. The van der Waals surface area contributed by atoms with Gasteiger partial charge in [0.05, 0.1) is 0 Å². The monoisotopic (exact) mass is 390 g/mol. The summed E-state index contributed by atoms with van der Waals surface area (Å²) in [6.45, 7) is 8.61. The molecular weight excluding hydrogens is 364 g/mol. The predicted molar refractivity (Wildman–Crippen MR) is 106 cm³/mol. The van der Waals surface area contributed by atoms with Crippen LogP contribution in [0.5, 0.6) is 0 Å². The summed E-state index contributed by atoms with van der Waals surface area (Å²) in [7, 11) is -2.16. The molecule has 0 bridgehead atoms. The number of nitrogens with zero attached hydrogens (tertiary/aromatic N) is 2. The number of pyridine rings is 2. The molecule has 0 saturated heterocycles. The van der Waals surface area contributed by atoms with Crippen LogP contribution in [0.25, 0.3) is 11.1 Å². The van der Waals surface area contributed by atoms with E-state index in [4.69, 9.17) is 0 Å². The Kier molecular flexibility index (Phi) is 6.01. The molecule has 0 saturated carbocycles. The second-order valence-electron chi connectivity index (χ2n) is 7.49. The minimum atomic E-state index is -3.80. The molecule has 146 valence electrons. The summed E-state index contributed by atoms with van der Waals surface area (Å²) in [5.74, 6) is 0.295. The fourth-order valence-corrected chi connectivity index (χ4v) is 4.66. The molecule has 0 aliphatic heterocycles. The summed E-state index contributed by atoms with van der Waals surface area (Å²) < 4.78 is 28.7. The third kappa shape index (κ3) is 5.11. The molecule has 0 amide bonds. The summed E-state index contributed by atoms with van der Waals surface area (Å²) in [6.07, 6.45) is 3.47. The number of carbonyl (C=O) groups is 1. The van der Waals surface area contributed by atoms with Crippen molar-refractivity contribution in [1.82, 2.24) is 14.7 Å². The van der Waals surface area contributed by atoms with Crippen molar-refractivity contribution in [1.29, 1.82) is 0 Å². The van der Waals surface area contributed by atoms with E-state index < -0.39 is 15.6 Å². The van der Waals surface area contributed by atoms with Gasteiger partial charge in [0, 0.05) is 42.7 Å². The first-order valence-electron chi connectivity index (χ1n) is 8.60. The number of carbonyl (C=O) groups excluding carboxylic acids is 1. The Labute approximate surface area is 160 Å². The Morgan fingerprint density at radius 3 is 2.44 bits per heavy atom. The summed E-state index contributed by atoms with van der Waals surface area (Å²) in [5.41, 5.74) is 2.02. The van der Waals surface area contributed by atoms with E-state index in [1.807, 2.05) is 0 Å². The number of nitrogens with one attached hydrogen (secondary N) is 2. The van der Waals surface area contributed by atoms with Crippen molar-refractivity contribution >= 4 is 21.6 Å². The molecule has 2 heterocycles. The molecule has 2 aromatic rings. The first-order chi connectivity index (χ1) is 12.4. The van der Waals surface area contributed by atoms with Crippen LogP contribution in [0.1, 0.15) is 39.0 Å². The van der Waals surface area contributed by atoms with Crippen LogP contribution in [0, 0.1) is 6.92 Å². The van der Waals surface area contributed by atoms with Crippen LogP contribution in [-0.4, -0.2) is 36.8 Å². The highest BCUT2D eigenvalue weighted by molar-refractivity contribution is 7.89. The fourth-order valence-electron chi connectivity index (χ4n) is 2.83. The fraction of sp³-hybridized carbons (Fsp3) is 0.421. The van der Waals surface area contributed by atoms with Crippen LogP contribution < -0.4 is 10.0 Å². The van der Waals surface area contributed by atoms with Gasteiger partial charge in [-0.2, -0.15) is 0 Å². The number of ketones is 1. The molecular formula is C19H26N4O3S. The maximum absolute atomic E-state index is 13.0. The van der Waals surface area contributed by atoms with E-state index in [-0.39, 0.29) is 22.9 Å². The van der Waals surface area contributed by atoms with E-state index in [1.165, 1.54) is 6.92 Å². The maximum Gasteiger partial charge on any atom is 0.245 e. The van der Waals surface area contributed by atoms with Crippen molar-refractivity contribution < 1.29 is 13.2 Å². The van der Waals surface area contributed by atoms with Gasteiger partial charge in [-0.1, -0.05) is 0 Å². The molecule has 0 aliphatic rings. The van der Waals surface area contributed by atoms with E-state index >= 15 is 0 Å². The van der Waals surface area contributed by atoms with Gasteiger partial charge < -0.3 is 5.32 Å². The molecule has 8 heteroatoms. The number of sulfonamides is 1. The second-order valence-corrected chi connectivity index (χ2v) is 9.11. The summed E-state index contributed by atoms with van der Waals surface area (Å²) >= 11 is 0. The van der Waals surface area contributed by atoms with E-state index in [0.717, 1.165) is 5.56 Å². The molecule has 2 N–H and O–H groups in total. The largest absolute Gasteiger partial charge is 0.372 e. The first kappa shape index (κ1) is 21.0. The van der Waals surface area contributed by atoms with Crippen molar-refractivity contribution in [3.8, 4) is 11.1 Å². The smallest absolute Gasteiger partial charge is 0.245 e. The van der Waals surface area contributed by atoms with Gasteiger partial charge in [-0.15, -0.1) is 0 Å². The summed E-state index contributed by atoms with van der Waals surface area (Å²) in [4.78, 5) is 20.0. The first-order valence-corrected chi connectivity index (χ1v) is 10.1. The van der Waals surface area contributed by atoms with Crippen molar-refractivity contribution in [2.75, 3.05) is 12.4 Å². The molecule has 0 spiro atoms. The van der Waals surface area contributed by atoms with Crippen molar-refractivity contribution in [2.45, 2.75) is 51.5 Å². The molecule has 7 nitrogen and oxygen atoms in total. The highest BCUT2D eigenvalue weighted by atomic mass is 32.2. The highest BCUT2D eigenvalue weighted by Gasteiger charge is 2.28. The SMILES string of the molecule is CNc1ncc(-c2ccnc(CC(C)=O)c2)c(C)c1S(=O)(=O)NC(C)(C)C. The normalized spacial score (nSPS) is 12.1. The predicted octanol–water partition coefficient (Wildman–Crippen LogP) is 2.70. The summed E-state index contributed by atoms with van der Waals surface area (Å²) in [6, 6.07) is 3.57. The second kappa shape index (κ2) is 7.74. The number of anilines is 1. The Balaban J connectivity index is 2.64. The van der Waals surface area contributed by atoms with E-state index in [2.05, 4.69) is 20.0 Å². The molecule has 2 rings (SSSR count). The Morgan fingerprint density at radius 1 is 1.22 bits per heavy atom. The molecule has 0 atom stereocenters. The van der Waals surface area contributed by atoms with E-state index in [1.54, 1.807) is 59.3 Å². The lowest BCUT2D eigenvalue weighted by Gasteiger charge is -2.23. The molecule has 27 heavy (non-hydrogen) atoms. The zero-order valence-electron chi connectivity index (χ0n) is 16.5. The zero-order valence-corrected chi connectivity index (χ0v) is 17.4. The van der Waals surface area contributed by atoms with E-state index in [0.29, 0.717) is 16.8 Å². The van der Waals surface area contributed by atoms with Crippen LogP contribution in [-0.2, 0) is 21.2 Å². The van der Waals surface area contributed by atoms with Gasteiger partial charge in [0.2, 0.25) is 10.0 Å². The topological polar surface area (TPSA) is 101 Å². The van der Waals surface area contributed by atoms with Crippen molar-refractivity contribution in [3.63, 3.8) is 0 Å². The Hall–Kier alpha value is -2.32. The third-order valence-electron chi connectivity index (χ3n) is 3.79. The van der Waals surface area contributed by atoms with Gasteiger partial charge in [0.25, 0.3) is 0 Å². The number of hydrogen-bond donors (Lipinski definition) is 2. The van der Waals surface area contributed by atoms with Gasteiger partial charge in [0.15, 0.2) is 0 Å². The van der Waals surface area contributed by atoms with Gasteiger partial charge in [-0.25, -0.2) is 18.1 Å². The zero-order chi connectivity index (χ0) is 20.4. The molecule has 0 radical (unpaired) electrons. The minimum Gasteiger partial charge on any atom is -0.372 e. The lowest BCUT2D eigenvalue weighted by molar-refractivity contribution is -0.116. The van der Waals surface area contributed by atoms with Crippen LogP contribution in [0.3, 0.4) is 0 Å². The average molecular weight is 391 g/mol. The van der Waals surface area contributed by atoms with Crippen LogP contribution in [0.4, 0.5) is 5.82 Å². The van der Waals surface area contributed by atoms with Gasteiger partial charge in [0.1, 0.15) is 16.5 Å². The average Bonchev–Trinajstić information content (AvgIpc) is 2.51. The number of aromatic nitrogens is 2. The Morgan fingerprint density at radius 2 is 1.89 bits per heavy atom. The maximum atomic E-state index is 13.0. The van der Waals surface area contributed by atoms with Crippen molar-refractivity contribution in [2.24, 2.45) is 0 Å². The third-order valence-corrected chi connectivity index (χ3v) is 5.70. The van der Waals surface area contributed by atoms with Gasteiger partial charge in [-0.05, 0) is 57.9 Å². The van der Waals surface area contributed by atoms with Gasteiger partial charge in [-0.3, -0.25) is 9.78 Å². The Bertz CT molecular complexity index is 963. The van der Waals surface area contributed by atoms with Gasteiger partial charge >= 0.3 is 0 Å². The standard InChI is InChI=1S/C19H26N4O3S/c1-12(24)9-15-10-14(7-8-21-15)16-11-22-18(20-6)17(13(16)2)27(25,26)23-19(3,4)5/h7-8,10-11,23H,9H2,1-6H3,(H,20,22). The molecule has 0 fully saturated rings. The van der Waals surface area contributed by atoms with Crippen LogP contribution in [0.15, 0.2) is 29.4 Å². The molecule has 0 aliphatic carbocycles. The van der Waals surface area contributed by atoms with Crippen LogP contribution in [0.2, 0.25) is 0 Å².